The second-order valence-electron chi connectivity index (χ2n) is 4.29. The van der Waals surface area contributed by atoms with Crippen molar-refractivity contribution >= 4 is 11.9 Å². The molecule has 1 fully saturated rings. The topological polar surface area (TPSA) is 47.9 Å². The molecule has 2 rings (SSSR count). The zero-order valence-electron chi connectivity index (χ0n) is 8.74. The number of methoxy groups -OCH3 is 1. The maximum absolute atomic E-state index is 11.3. The Labute approximate surface area is 83.3 Å². The predicted octanol–water partition coefficient (Wildman–Crippen LogP) is 1.15. The van der Waals surface area contributed by atoms with Gasteiger partial charge in [0.25, 0.3) is 0 Å². The summed E-state index contributed by atoms with van der Waals surface area (Å²) in [7, 11) is 1.38. The lowest BCUT2D eigenvalue weighted by Crippen LogP contribution is -2.28. The van der Waals surface area contributed by atoms with E-state index in [2.05, 4.69) is 16.7 Å². The van der Waals surface area contributed by atoms with E-state index in [4.69, 9.17) is 4.74 Å². The van der Waals surface area contributed by atoms with Crippen LogP contribution in [0.2, 0.25) is 0 Å². The third-order valence-electron chi connectivity index (χ3n) is 2.96. The molecule has 78 valence electrons. The highest BCUT2D eigenvalue weighted by Gasteiger charge is 2.49. The zero-order valence-corrected chi connectivity index (χ0v) is 8.74. The van der Waals surface area contributed by atoms with Gasteiger partial charge in [-0.1, -0.05) is 6.92 Å². The van der Waals surface area contributed by atoms with E-state index in [-0.39, 0.29) is 17.5 Å². The summed E-state index contributed by atoms with van der Waals surface area (Å²) in [4.78, 5) is 15.6. The fourth-order valence-electron chi connectivity index (χ4n) is 1.57. The zero-order chi connectivity index (χ0) is 10.3. The fourth-order valence-corrected chi connectivity index (χ4v) is 1.57. The van der Waals surface area contributed by atoms with Crippen LogP contribution in [0, 0.1) is 5.41 Å². The van der Waals surface area contributed by atoms with Crippen molar-refractivity contribution in [3.8, 4) is 0 Å². The maximum Gasteiger partial charge on any atom is 0.334 e. The minimum Gasteiger partial charge on any atom is -0.475 e. The first-order valence-electron chi connectivity index (χ1n) is 4.89. The van der Waals surface area contributed by atoms with Crippen LogP contribution in [0.4, 0.5) is 0 Å². The molecule has 0 aromatic carbocycles. The van der Waals surface area contributed by atoms with Crippen molar-refractivity contribution in [2.75, 3.05) is 7.11 Å². The largest absolute Gasteiger partial charge is 0.475 e. The molecule has 2 aliphatic rings. The summed E-state index contributed by atoms with van der Waals surface area (Å²) >= 11 is 0. The van der Waals surface area contributed by atoms with E-state index in [1.165, 1.54) is 7.11 Å². The van der Waals surface area contributed by atoms with Crippen LogP contribution in [0.15, 0.2) is 4.99 Å². The van der Waals surface area contributed by atoms with Crippen LogP contribution in [-0.2, 0) is 14.3 Å². The van der Waals surface area contributed by atoms with Crippen molar-refractivity contribution in [1.29, 1.82) is 0 Å². The number of ether oxygens (including phenoxy) is 2. The van der Waals surface area contributed by atoms with Gasteiger partial charge in [-0.3, -0.25) is 0 Å². The minimum absolute atomic E-state index is 0.0943. The Bertz CT molecular complexity index is 294. The molecule has 4 nitrogen and oxygen atoms in total. The first-order valence-corrected chi connectivity index (χ1v) is 4.89. The third kappa shape index (κ3) is 1.38. The normalized spacial score (nSPS) is 33.2. The van der Waals surface area contributed by atoms with Gasteiger partial charge in [-0.2, -0.15) is 0 Å². The molecular weight excluding hydrogens is 182 g/mol. The summed E-state index contributed by atoms with van der Waals surface area (Å²) in [6, 6.07) is -0.465. The third-order valence-corrected chi connectivity index (χ3v) is 2.96. The summed E-state index contributed by atoms with van der Waals surface area (Å²) in [6.45, 7) is 3.96. The van der Waals surface area contributed by atoms with Crippen molar-refractivity contribution in [3.05, 3.63) is 0 Å². The molecule has 1 heterocycles. The number of hydrogen-bond acceptors (Lipinski definition) is 4. The van der Waals surface area contributed by atoms with Gasteiger partial charge in [-0.05, 0) is 19.8 Å². The van der Waals surface area contributed by atoms with Crippen LogP contribution in [0.25, 0.3) is 0 Å². The second-order valence-corrected chi connectivity index (χ2v) is 4.29. The first-order chi connectivity index (χ1) is 6.57. The molecule has 0 aromatic rings. The lowest BCUT2D eigenvalue weighted by atomic mass is 10.1. The Kier molecular flexibility index (Phi) is 2.01. The summed E-state index contributed by atoms with van der Waals surface area (Å²) in [5.41, 5.74) is 0.0943. The average molecular weight is 197 g/mol. The Morgan fingerprint density at radius 1 is 1.64 bits per heavy atom. The van der Waals surface area contributed by atoms with Crippen LogP contribution in [0.3, 0.4) is 0 Å². The number of esters is 1. The molecule has 0 bridgehead atoms. The van der Waals surface area contributed by atoms with E-state index in [1.807, 2.05) is 6.92 Å². The van der Waals surface area contributed by atoms with Gasteiger partial charge >= 0.3 is 5.97 Å². The van der Waals surface area contributed by atoms with Crippen molar-refractivity contribution in [2.45, 2.75) is 38.8 Å². The van der Waals surface area contributed by atoms with Crippen LogP contribution >= 0.6 is 0 Å². The highest BCUT2D eigenvalue weighted by atomic mass is 16.5. The van der Waals surface area contributed by atoms with Crippen LogP contribution in [-0.4, -0.2) is 31.1 Å². The number of aliphatic imine (C=N–C) groups is 1. The van der Waals surface area contributed by atoms with Crippen molar-refractivity contribution in [2.24, 2.45) is 10.4 Å². The van der Waals surface area contributed by atoms with Crippen LogP contribution < -0.4 is 0 Å². The molecule has 1 aliphatic heterocycles. The number of carbonyl (C=O) groups excluding carboxylic acids is 1. The molecule has 0 N–H and O–H groups in total. The lowest BCUT2D eigenvalue weighted by molar-refractivity contribution is -0.143. The quantitative estimate of drug-likeness (QED) is 0.624. The molecule has 1 saturated carbocycles. The molecule has 2 atom stereocenters. The van der Waals surface area contributed by atoms with Gasteiger partial charge in [-0.25, -0.2) is 9.79 Å². The molecule has 1 aliphatic carbocycles. The van der Waals surface area contributed by atoms with E-state index < -0.39 is 6.04 Å². The van der Waals surface area contributed by atoms with Crippen molar-refractivity contribution in [3.63, 3.8) is 0 Å². The van der Waals surface area contributed by atoms with Crippen LogP contribution in [0.1, 0.15) is 26.7 Å². The van der Waals surface area contributed by atoms with Gasteiger partial charge in [0.1, 0.15) is 6.10 Å². The smallest absolute Gasteiger partial charge is 0.334 e. The molecule has 0 saturated heterocycles. The van der Waals surface area contributed by atoms with Gasteiger partial charge in [0.05, 0.1) is 7.11 Å². The average Bonchev–Trinajstić information content (AvgIpc) is 2.78. The Morgan fingerprint density at radius 2 is 2.29 bits per heavy atom. The Hall–Kier alpha value is -1.06. The van der Waals surface area contributed by atoms with Gasteiger partial charge in [0.2, 0.25) is 0 Å². The highest BCUT2D eigenvalue weighted by molar-refractivity contribution is 5.91. The van der Waals surface area contributed by atoms with Gasteiger partial charge < -0.3 is 9.47 Å². The van der Waals surface area contributed by atoms with Crippen LogP contribution in [0.5, 0.6) is 0 Å². The molecule has 0 radical (unpaired) electrons. The molecule has 0 amide bonds. The number of nitrogens with zero attached hydrogens (tertiary/aromatic N) is 1. The Morgan fingerprint density at radius 3 is 2.79 bits per heavy atom. The summed E-state index contributed by atoms with van der Waals surface area (Å²) in [6.07, 6.45) is 2.02. The number of hydrogen-bond donors (Lipinski definition) is 0. The Balaban J connectivity index is 2.13. The van der Waals surface area contributed by atoms with Crippen molar-refractivity contribution in [1.82, 2.24) is 0 Å². The second kappa shape index (κ2) is 2.97. The van der Waals surface area contributed by atoms with Crippen molar-refractivity contribution < 1.29 is 14.3 Å². The number of carbonyl (C=O) groups is 1. The molecule has 4 heteroatoms. The molecule has 0 unspecified atom stereocenters. The molecule has 14 heavy (non-hydrogen) atoms. The molecule has 0 aromatic heterocycles. The van der Waals surface area contributed by atoms with E-state index in [0.717, 1.165) is 18.7 Å². The highest BCUT2D eigenvalue weighted by Crippen LogP contribution is 2.48. The summed E-state index contributed by atoms with van der Waals surface area (Å²) in [5.74, 6) is 0.428. The maximum atomic E-state index is 11.3. The van der Waals surface area contributed by atoms with Gasteiger partial charge in [0, 0.05) is 5.41 Å². The number of rotatable bonds is 2. The van der Waals surface area contributed by atoms with Gasteiger partial charge in [-0.15, -0.1) is 0 Å². The summed E-state index contributed by atoms with van der Waals surface area (Å²) < 4.78 is 10.2. The monoisotopic (exact) mass is 197 g/mol. The summed E-state index contributed by atoms with van der Waals surface area (Å²) in [5, 5.41) is 0. The van der Waals surface area contributed by atoms with Gasteiger partial charge in [0.15, 0.2) is 11.9 Å². The molecular formula is C10H15NO3. The van der Waals surface area contributed by atoms with E-state index in [9.17, 15) is 4.79 Å². The van der Waals surface area contributed by atoms with E-state index in [0.29, 0.717) is 0 Å². The molecule has 0 spiro atoms. The minimum atomic E-state index is -0.465. The standard InChI is InChI=1S/C10H15NO3/c1-6-7(8(12)13-3)11-9(14-6)10(2)4-5-10/h6-7H,4-5H2,1-3H3/t6-,7-/m1/s1. The fraction of sp³-hybridized carbons (Fsp3) is 0.800. The predicted molar refractivity (Wildman–Crippen MR) is 51.1 cm³/mol. The lowest BCUT2D eigenvalue weighted by Gasteiger charge is -2.11. The van der Waals surface area contributed by atoms with E-state index >= 15 is 0 Å². The first kappa shape index (κ1) is 9.49. The van der Waals surface area contributed by atoms with E-state index in [1.54, 1.807) is 0 Å². The SMILES string of the molecule is COC(=O)[C@@H]1N=C(C2(C)CC2)O[C@@H]1C.